The average molecular weight is 372 g/mol. The number of nitrogens with zero attached hydrogens (tertiary/aromatic N) is 2. The van der Waals surface area contributed by atoms with Crippen molar-refractivity contribution in [3.8, 4) is 11.5 Å². The van der Waals surface area contributed by atoms with Crippen LogP contribution in [0.3, 0.4) is 0 Å². The first kappa shape index (κ1) is 16.2. The number of H-pyrrole nitrogens is 1. The third-order valence-corrected chi connectivity index (χ3v) is 5.00. The smallest absolute Gasteiger partial charge is 0.417 e. The van der Waals surface area contributed by atoms with Gasteiger partial charge in [-0.15, -0.1) is 10.2 Å². The summed E-state index contributed by atoms with van der Waals surface area (Å²) in [5.41, 5.74) is 1.31. The molecule has 4 aromatic rings. The molecule has 0 unspecified atom stereocenters. The zero-order valence-corrected chi connectivity index (χ0v) is 14.0. The van der Waals surface area contributed by atoms with E-state index in [0.717, 1.165) is 5.56 Å². The number of hydrogen-bond acceptors (Lipinski definition) is 7. The number of rotatable bonds is 5. The van der Waals surface area contributed by atoms with Gasteiger partial charge in [0, 0.05) is 11.6 Å². The van der Waals surface area contributed by atoms with E-state index < -0.39 is 15.8 Å². The first-order valence-electron chi connectivity index (χ1n) is 7.52. The van der Waals surface area contributed by atoms with Gasteiger partial charge in [-0.05, 0) is 24.3 Å². The number of fused-ring (bicyclic) bond motifs is 1. The van der Waals surface area contributed by atoms with Gasteiger partial charge < -0.3 is 8.83 Å². The largest absolute Gasteiger partial charge is 0.419 e. The summed E-state index contributed by atoms with van der Waals surface area (Å²) < 4.78 is 37.5. The van der Waals surface area contributed by atoms with Crippen molar-refractivity contribution in [1.29, 1.82) is 0 Å². The molecule has 132 valence electrons. The minimum atomic E-state index is -3.85. The molecule has 0 fully saturated rings. The Morgan fingerprint density at radius 2 is 1.85 bits per heavy atom. The van der Waals surface area contributed by atoms with Crippen LogP contribution in [0, 0.1) is 0 Å². The molecular formula is C16H12N4O5S. The summed E-state index contributed by atoms with van der Waals surface area (Å²) in [4.78, 5) is 13.6. The Morgan fingerprint density at radius 3 is 2.65 bits per heavy atom. The van der Waals surface area contributed by atoms with Crippen LogP contribution in [0.15, 0.2) is 67.1 Å². The summed E-state index contributed by atoms with van der Waals surface area (Å²) in [6.45, 7) is -0.169. The maximum atomic E-state index is 12.4. The molecule has 26 heavy (non-hydrogen) atoms. The lowest BCUT2D eigenvalue weighted by atomic mass is 10.2. The molecule has 2 N–H and O–H groups in total. The number of nitrogens with one attached hydrogen (secondary N) is 2. The van der Waals surface area contributed by atoms with Crippen LogP contribution >= 0.6 is 0 Å². The van der Waals surface area contributed by atoms with E-state index in [-0.39, 0.29) is 22.9 Å². The Balaban J connectivity index is 1.52. The van der Waals surface area contributed by atoms with Crippen molar-refractivity contribution >= 4 is 21.1 Å². The predicted molar refractivity (Wildman–Crippen MR) is 90.6 cm³/mol. The molecule has 0 radical (unpaired) electrons. The second-order valence-electron chi connectivity index (χ2n) is 5.36. The molecule has 2 aromatic heterocycles. The van der Waals surface area contributed by atoms with Crippen molar-refractivity contribution in [3.63, 3.8) is 0 Å². The van der Waals surface area contributed by atoms with E-state index in [1.807, 2.05) is 18.2 Å². The zero-order valence-electron chi connectivity index (χ0n) is 13.2. The SMILES string of the molecule is O=c1[nH]c2ccc(S(=O)(=O)NCc3nnc(-c4ccccc4)o3)cc2o1. The fraction of sp³-hybridized carbons (Fsp3) is 0.0625. The van der Waals surface area contributed by atoms with Gasteiger partial charge in [-0.1, -0.05) is 18.2 Å². The maximum Gasteiger partial charge on any atom is 0.417 e. The Labute approximate surface area is 146 Å². The fourth-order valence-electron chi connectivity index (χ4n) is 2.36. The topological polar surface area (TPSA) is 131 Å². The number of aromatic nitrogens is 3. The van der Waals surface area contributed by atoms with Crippen molar-refractivity contribution in [1.82, 2.24) is 19.9 Å². The van der Waals surface area contributed by atoms with Gasteiger partial charge >= 0.3 is 5.76 Å². The highest BCUT2D eigenvalue weighted by atomic mass is 32.2. The lowest BCUT2D eigenvalue weighted by Gasteiger charge is -2.04. The summed E-state index contributed by atoms with van der Waals surface area (Å²) in [7, 11) is -3.85. The first-order valence-corrected chi connectivity index (χ1v) is 9.00. The van der Waals surface area contributed by atoms with Gasteiger partial charge in [0.2, 0.25) is 21.8 Å². The molecular weight excluding hydrogens is 360 g/mol. The number of benzene rings is 2. The minimum Gasteiger partial charge on any atom is -0.419 e. The fourth-order valence-corrected chi connectivity index (χ4v) is 3.34. The Bertz CT molecular complexity index is 1220. The van der Waals surface area contributed by atoms with E-state index in [0.29, 0.717) is 11.4 Å². The van der Waals surface area contributed by atoms with Crippen molar-refractivity contribution < 1.29 is 17.3 Å². The van der Waals surface area contributed by atoms with E-state index in [9.17, 15) is 13.2 Å². The van der Waals surface area contributed by atoms with E-state index in [4.69, 9.17) is 8.83 Å². The van der Waals surface area contributed by atoms with Crippen LogP contribution < -0.4 is 10.5 Å². The lowest BCUT2D eigenvalue weighted by Crippen LogP contribution is -2.23. The number of hydrogen-bond donors (Lipinski definition) is 2. The molecule has 9 nitrogen and oxygen atoms in total. The van der Waals surface area contributed by atoms with Crippen LogP contribution in [0.4, 0.5) is 0 Å². The molecule has 0 bridgehead atoms. The van der Waals surface area contributed by atoms with Crippen molar-refractivity contribution in [2.75, 3.05) is 0 Å². The van der Waals surface area contributed by atoms with Gasteiger partial charge in [-0.3, -0.25) is 4.98 Å². The van der Waals surface area contributed by atoms with Gasteiger partial charge in [-0.2, -0.15) is 0 Å². The molecule has 10 heteroatoms. The van der Waals surface area contributed by atoms with Gasteiger partial charge in [0.1, 0.15) is 0 Å². The van der Waals surface area contributed by atoms with E-state index in [1.54, 1.807) is 12.1 Å². The standard InChI is InChI=1S/C16H12N4O5S/c21-16-18-12-7-6-11(8-13(12)24-16)26(22,23)17-9-14-19-20-15(25-14)10-4-2-1-3-5-10/h1-8,17H,9H2,(H,18,21). The Kier molecular flexibility index (Phi) is 3.90. The molecule has 0 spiro atoms. The number of oxazole rings is 1. The molecule has 0 aliphatic heterocycles. The van der Waals surface area contributed by atoms with Gasteiger partial charge in [-0.25, -0.2) is 17.9 Å². The zero-order chi connectivity index (χ0) is 18.1. The van der Waals surface area contributed by atoms with Crippen LogP contribution in [-0.2, 0) is 16.6 Å². The minimum absolute atomic E-state index is 0.0458. The summed E-state index contributed by atoms with van der Waals surface area (Å²) in [6.07, 6.45) is 0. The van der Waals surface area contributed by atoms with Gasteiger partial charge in [0.05, 0.1) is 17.0 Å². The summed E-state index contributed by atoms with van der Waals surface area (Å²) >= 11 is 0. The van der Waals surface area contributed by atoms with E-state index in [1.165, 1.54) is 18.2 Å². The summed E-state index contributed by atoms with van der Waals surface area (Å²) in [6, 6.07) is 13.2. The molecule has 0 aliphatic carbocycles. The molecule has 0 saturated carbocycles. The van der Waals surface area contributed by atoms with Crippen molar-refractivity contribution in [2.45, 2.75) is 11.4 Å². The summed E-state index contributed by atoms with van der Waals surface area (Å²) in [5, 5.41) is 7.73. The van der Waals surface area contributed by atoms with Crippen molar-refractivity contribution in [2.24, 2.45) is 0 Å². The second-order valence-corrected chi connectivity index (χ2v) is 7.13. The molecule has 0 saturated heterocycles. The highest BCUT2D eigenvalue weighted by molar-refractivity contribution is 7.89. The third kappa shape index (κ3) is 3.15. The first-order chi connectivity index (χ1) is 12.5. The summed E-state index contributed by atoms with van der Waals surface area (Å²) in [5.74, 6) is -0.223. The maximum absolute atomic E-state index is 12.4. The van der Waals surface area contributed by atoms with Crippen LogP contribution in [-0.4, -0.2) is 23.6 Å². The van der Waals surface area contributed by atoms with E-state index in [2.05, 4.69) is 19.9 Å². The third-order valence-electron chi connectivity index (χ3n) is 3.60. The van der Waals surface area contributed by atoms with Gasteiger partial charge in [0.25, 0.3) is 0 Å². The highest BCUT2D eigenvalue weighted by Crippen LogP contribution is 2.18. The van der Waals surface area contributed by atoms with Crippen LogP contribution in [0.5, 0.6) is 0 Å². The normalized spacial score (nSPS) is 11.8. The Morgan fingerprint density at radius 1 is 1.04 bits per heavy atom. The Hall–Kier alpha value is -3.24. The average Bonchev–Trinajstić information content (AvgIpc) is 3.25. The van der Waals surface area contributed by atoms with Gasteiger partial charge in [0.15, 0.2) is 5.58 Å². The van der Waals surface area contributed by atoms with Crippen molar-refractivity contribution in [3.05, 3.63) is 65.0 Å². The highest BCUT2D eigenvalue weighted by Gasteiger charge is 2.17. The second kappa shape index (κ2) is 6.24. The number of sulfonamides is 1. The van der Waals surface area contributed by atoms with Crippen LogP contribution in [0.1, 0.15) is 5.89 Å². The number of aromatic amines is 1. The quantitative estimate of drug-likeness (QED) is 0.544. The molecule has 0 atom stereocenters. The van der Waals surface area contributed by atoms with E-state index >= 15 is 0 Å². The molecule has 0 aliphatic rings. The monoisotopic (exact) mass is 372 g/mol. The van der Waals surface area contributed by atoms with Crippen LogP contribution in [0.2, 0.25) is 0 Å². The lowest BCUT2D eigenvalue weighted by molar-refractivity contribution is 0.494. The molecule has 2 heterocycles. The molecule has 0 amide bonds. The predicted octanol–water partition coefficient (Wildman–Crippen LogP) is 1.65. The molecule has 2 aromatic carbocycles. The molecule has 4 rings (SSSR count). The van der Waals surface area contributed by atoms with Crippen LogP contribution in [0.25, 0.3) is 22.6 Å².